The van der Waals surface area contributed by atoms with E-state index < -0.39 is 5.97 Å². The molecule has 0 aromatic carbocycles. The topological polar surface area (TPSA) is 63.3 Å². The third-order valence-corrected chi connectivity index (χ3v) is 2.53. The van der Waals surface area contributed by atoms with Crippen molar-refractivity contribution in [2.75, 3.05) is 0 Å². The maximum atomic E-state index is 10.6. The highest BCUT2D eigenvalue weighted by Crippen LogP contribution is 2.36. The van der Waals surface area contributed by atoms with Gasteiger partial charge >= 0.3 is 5.97 Å². The third kappa shape index (κ3) is 1.53. The van der Waals surface area contributed by atoms with E-state index in [-0.39, 0.29) is 17.9 Å². The molecule has 3 nitrogen and oxygen atoms in total. The molecule has 64 valence electrons. The SMILES string of the molecule is CCCC1C(N)CC1C(=O)O. The van der Waals surface area contributed by atoms with Crippen LogP contribution in [0.1, 0.15) is 26.2 Å². The van der Waals surface area contributed by atoms with E-state index in [1.807, 2.05) is 0 Å². The molecule has 1 aliphatic rings. The van der Waals surface area contributed by atoms with Crippen molar-refractivity contribution in [3.05, 3.63) is 0 Å². The molecule has 0 heterocycles. The van der Waals surface area contributed by atoms with Gasteiger partial charge in [0.15, 0.2) is 0 Å². The number of rotatable bonds is 3. The standard InChI is InChI=1S/C8H15NO2/c1-2-3-5-6(8(10)11)4-7(5)9/h5-7H,2-4,9H2,1H3,(H,10,11). The highest BCUT2D eigenvalue weighted by Gasteiger charge is 2.42. The summed E-state index contributed by atoms with van der Waals surface area (Å²) in [6, 6.07) is 0.135. The van der Waals surface area contributed by atoms with Crippen LogP contribution < -0.4 is 5.73 Å². The van der Waals surface area contributed by atoms with Crippen molar-refractivity contribution in [3.8, 4) is 0 Å². The van der Waals surface area contributed by atoms with Crippen molar-refractivity contribution in [2.24, 2.45) is 17.6 Å². The van der Waals surface area contributed by atoms with Crippen LogP contribution in [0.3, 0.4) is 0 Å². The maximum Gasteiger partial charge on any atom is 0.306 e. The molecule has 0 amide bonds. The molecule has 1 aliphatic carbocycles. The average molecular weight is 157 g/mol. The molecule has 0 aromatic heterocycles. The lowest BCUT2D eigenvalue weighted by atomic mass is 9.68. The molecule has 1 fully saturated rings. The minimum atomic E-state index is -0.676. The van der Waals surface area contributed by atoms with Gasteiger partial charge in [0.1, 0.15) is 0 Å². The van der Waals surface area contributed by atoms with E-state index >= 15 is 0 Å². The second-order valence-corrected chi connectivity index (χ2v) is 3.30. The predicted molar refractivity (Wildman–Crippen MR) is 42.1 cm³/mol. The molecule has 3 unspecified atom stereocenters. The summed E-state index contributed by atoms with van der Waals surface area (Å²) in [6.07, 6.45) is 2.65. The number of nitrogens with two attached hydrogens (primary N) is 1. The Morgan fingerprint density at radius 3 is 2.73 bits per heavy atom. The molecule has 0 aliphatic heterocycles. The minimum Gasteiger partial charge on any atom is -0.481 e. The molecule has 11 heavy (non-hydrogen) atoms. The summed E-state index contributed by atoms with van der Waals surface area (Å²) >= 11 is 0. The van der Waals surface area contributed by atoms with Crippen LogP contribution in [0, 0.1) is 11.8 Å². The van der Waals surface area contributed by atoms with Crippen LogP contribution in [0.25, 0.3) is 0 Å². The summed E-state index contributed by atoms with van der Waals surface area (Å²) in [5.74, 6) is -0.604. The highest BCUT2D eigenvalue weighted by atomic mass is 16.4. The van der Waals surface area contributed by atoms with E-state index in [1.165, 1.54) is 0 Å². The summed E-state index contributed by atoms with van der Waals surface area (Å²) in [6.45, 7) is 2.06. The van der Waals surface area contributed by atoms with Crippen LogP contribution >= 0.6 is 0 Å². The zero-order valence-electron chi connectivity index (χ0n) is 6.79. The molecule has 3 heteroatoms. The van der Waals surface area contributed by atoms with Gasteiger partial charge in [-0.2, -0.15) is 0 Å². The minimum absolute atomic E-state index is 0.135. The number of hydrogen-bond acceptors (Lipinski definition) is 2. The number of carboxylic acid groups (broad SMARTS) is 1. The lowest BCUT2D eigenvalue weighted by molar-refractivity contribution is -0.148. The number of aliphatic carboxylic acids is 1. The summed E-state index contributed by atoms with van der Waals surface area (Å²) in [7, 11) is 0. The van der Waals surface area contributed by atoms with Crippen LogP contribution in [0.5, 0.6) is 0 Å². The predicted octanol–water partition coefficient (Wildman–Crippen LogP) is 0.835. The van der Waals surface area contributed by atoms with Gasteiger partial charge in [-0.15, -0.1) is 0 Å². The van der Waals surface area contributed by atoms with Crippen molar-refractivity contribution >= 4 is 5.97 Å². The van der Waals surface area contributed by atoms with Crippen molar-refractivity contribution in [2.45, 2.75) is 32.2 Å². The lowest BCUT2D eigenvalue weighted by Crippen LogP contribution is -2.50. The fourth-order valence-corrected chi connectivity index (χ4v) is 1.78. The molecule has 0 radical (unpaired) electrons. The Bertz CT molecular complexity index is 158. The summed E-state index contributed by atoms with van der Waals surface area (Å²) in [5.41, 5.74) is 5.67. The van der Waals surface area contributed by atoms with E-state index in [4.69, 9.17) is 10.8 Å². The van der Waals surface area contributed by atoms with E-state index in [0.717, 1.165) is 12.8 Å². The molecule has 1 saturated carbocycles. The number of carbonyl (C=O) groups is 1. The molecule has 3 atom stereocenters. The van der Waals surface area contributed by atoms with Crippen molar-refractivity contribution < 1.29 is 9.90 Å². The maximum absolute atomic E-state index is 10.6. The van der Waals surface area contributed by atoms with E-state index in [9.17, 15) is 4.79 Å². The summed E-state index contributed by atoms with van der Waals surface area (Å²) < 4.78 is 0. The van der Waals surface area contributed by atoms with E-state index in [2.05, 4.69) is 6.92 Å². The van der Waals surface area contributed by atoms with Gasteiger partial charge in [0, 0.05) is 6.04 Å². The summed E-state index contributed by atoms with van der Waals surface area (Å²) in [4.78, 5) is 10.6. The highest BCUT2D eigenvalue weighted by molar-refractivity contribution is 5.71. The molecule has 0 bridgehead atoms. The van der Waals surface area contributed by atoms with Gasteiger partial charge in [0.25, 0.3) is 0 Å². The molecular weight excluding hydrogens is 142 g/mol. The van der Waals surface area contributed by atoms with Gasteiger partial charge in [0.05, 0.1) is 5.92 Å². The molecule has 0 spiro atoms. The molecule has 0 saturated heterocycles. The first kappa shape index (κ1) is 8.53. The smallest absolute Gasteiger partial charge is 0.306 e. The van der Waals surface area contributed by atoms with Crippen molar-refractivity contribution in [1.82, 2.24) is 0 Å². The van der Waals surface area contributed by atoms with E-state index in [0.29, 0.717) is 6.42 Å². The van der Waals surface area contributed by atoms with Gasteiger partial charge in [-0.25, -0.2) is 0 Å². The second-order valence-electron chi connectivity index (χ2n) is 3.30. The molecule has 0 aromatic rings. The van der Waals surface area contributed by atoms with Crippen LogP contribution in [0.2, 0.25) is 0 Å². The Kier molecular flexibility index (Phi) is 2.49. The third-order valence-electron chi connectivity index (χ3n) is 2.53. The van der Waals surface area contributed by atoms with Crippen molar-refractivity contribution in [3.63, 3.8) is 0 Å². The van der Waals surface area contributed by atoms with Gasteiger partial charge in [-0.3, -0.25) is 4.79 Å². The Balaban J connectivity index is 2.41. The van der Waals surface area contributed by atoms with Crippen molar-refractivity contribution in [1.29, 1.82) is 0 Å². The second kappa shape index (κ2) is 3.22. The normalized spacial score (nSPS) is 36.4. The monoisotopic (exact) mass is 157 g/mol. The fraction of sp³-hybridized carbons (Fsp3) is 0.875. The summed E-state index contributed by atoms with van der Waals surface area (Å²) in [5, 5.41) is 8.69. The molecule has 1 rings (SSSR count). The largest absolute Gasteiger partial charge is 0.481 e. The Morgan fingerprint density at radius 2 is 2.36 bits per heavy atom. The quantitative estimate of drug-likeness (QED) is 0.638. The van der Waals surface area contributed by atoms with Gasteiger partial charge < -0.3 is 10.8 Å². The van der Waals surface area contributed by atoms with Crippen LogP contribution in [0.4, 0.5) is 0 Å². The Hall–Kier alpha value is -0.570. The molecular formula is C8H15NO2. The number of carboxylic acids is 1. The average Bonchev–Trinajstić information content (AvgIpc) is 1.95. The van der Waals surface area contributed by atoms with Crippen LogP contribution in [-0.4, -0.2) is 17.1 Å². The fourth-order valence-electron chi connectivity index (χ4n) is 1.78. The van der Waals surface area contributed by atoms with Crippen LogP contribution in [-0.2, 0) is 4.79 Å². The Labute approximate surface area is 66.6 Å². The zero-order chi connectivity index (χ0) is 8.43. The Morgan fingerprint density at radius 1 is 1.73 bits per heavy atom. The first-order valence-corrected chi connectivity index (χ1v) is 4.15. The van der Waals surface area contributed by atoms with Gasteiger partial charge in [-0.05, 0) is 18.8 Å². The van der Waals surface area contributed by atoms with Gasteiger partial charge in [0.2, 0.25) is 0 Å². The lowest BCUT2D eigenvalue weighted by Gasteiger charge is -2.39. The first-order valence-electron chi connectivity index (χ1n) is 4.15. The zero-order valence-corrected chi connectivity index (χ0v) is 6.79. The first-order chi connectivity index (χ1) is 5.16. The van der Waals surface area contributed by atoms with Gasteiger partial charge in [-0.1, -0.05) is 13.3 Å². The molecule has 3 N–H and O–H groups in total. The van der Waals surface area contributed by atoms with E-state index in [1.54, 1.807) is 0 Å². The van der Waals surface area contributed by atoms with Crippen LogP contribution in [0.15, 0.2) is 0 Å². The number of hydrogen-bond donors (Lipinski definition) is 2.